The molecule has 0 radical (unpaired) electrons. The first-order chi connectivity index (χ1) is 9.59. The van der Waals surface area contributed by atoms with Crippen LogP contribution in [0.4, 0.5) is 0 Å². The fraction of sp³-hybridized carbons (Fsp3) is 0.588. The first-order valence-corrected chi connectivity index (χ1v) is 7.55. The highest BCUT2D eigenvalue weighted by Gasteiger charge is 2.47. The second-order valence-electron chi connectivity index (χ2n) is 6.46. The summed E-state index contributed by atoms with van der Waals surface area (Å²) in [4.78, 5) is 11.1. The van der Waals surface area contributed by atoms with Gasteiger partial charge in [0.05, 0.1) is 13.0 Å². The summed E-state index contributed by atoms with van der Waals surface area (Å²) in [5.41, 5.74) is 2.11. The van der Waals surface area contributed by atoms with Gasteiger partial charge in [-0.05, 0) is 44.6 Å². The fourth-order valence-corrected chi connectivity index (χ4v) is 3.03. The molecular weight excluding hydrogens is 252 g/mol. The van der Waals surface area contributed by atoms with E-state index < -0.39 is 5.97 Å². The molecule has 0 saturated heterocycles. The van der Waals surface area contributed by atoms with E-state index in [1.165, 1.54) is 24.8 Å². The highest BCUT2D eigenvalue weighted by Crippen LogP contribution is 2.54. The Morgan fingerprint density at radius 1 is 1.40 bits per heavy atom. The molecule has 0 atom stereocenters. The van der Waals surface area contributed by atoms with Crippen LogP contribution in [0.3, 0.4) is 0 Å². The van der Waals surface area contributed by atoms with E-state index >= 15 is 0 Å². The highest BCUT2D eigenvalue weighted by atomic mass is 16.5. The number of aryl methyl sites for hydroxylation is 1. The van der Waals surface area contributed by atoms with E-state index in [0.717, 1.165) is 30.8 Å². The minimum Gasteiger partial charge on any atom is -0.493 e. The number of ether oxygens (including phenoxy) is 1. The molecule has 0 heterocycles. The molecule has 3 heteroatoms. The van der Waals surface area contributed by atoms with Crippen LogP contribution in [0.5, 0.6) is 5.75 Å². The van der Waals surface area contributed by atoms with Crippen LogP contribution in [-0.4, -0.2) is 17.7 Å². The molecule has 0 bridgehead atoms. The molecule has 2 aliphatic carbocycles. The van der Waals surface area contributed by atoms with Gasteiger partial charge in [-0.1, -0.05) is 24.1 Å². The third-order valence-corrected chi connectivity index (χ3v) is 4.75. The van der Waals surface area contributed by atoms with Gasteiger partial charge in [-0.15, -0.1) is 0 Å². The number of hydrogen-bond donors (Lipinski definition) is 1. The van der Waals surface area contributed by atoms with Gasteiger partial charge < -0.3 is 9.84 Å². The van der Waals surface area contributed by atoms with Gasteiger partial charge in [0.1, 0.15) is 5.75 Å². The summed E-state index contributed by atoms with van der Waals surface area (Å²) in [6.07, 6.45) is 5.99. The van der Waals surface area contributed by atoms with Gasteiger partial charge in [0, 0.05) is 11.0 Å². The summed E-state index contributed by atoms with van der Waals surface area (Å²) in [7, 11) is 0. The number of carboxylic acid groups (broad SMARTS) is 1. The predicted octanol–water partition coefficient (Wildman–Crippen LogP) is 3.68. The summed E-state index contributed by atoms with van der Waals surface area (Å²) in [5.74, 6) is 0.883. The fourth-order valence-electron chi connectivity index (χ4n) is 3.03. The Morgan fingerprint density at radius 2 is 2.15 bits per heavy atom. The van der Waals surface area contributed by atoms with Crippen LogP contribution in [0.2, 0.25) is 0 Å². The number of benzene rings is 1. The number of hydrogen-bond acceptors (Lipinski definition) is 2. The topological polar surface area (TPSA) is 46.5 Å². The molecule has 2 saturated carbocycles. The molecule has 20 heavy (non-hydrogen) atoms. The minimum atomic E-state index is -0.714. The van der Waals surface area contributed by atoms with Crippen molar-refractivity contribution < 1.29 is 14.6 Å². The van der Waals surface area contributed by atoms with Crippen molar-refractivity contribution in [3.8, 4) is 5.75 Å². The molecule has 0 spiro atoms. The van der Waals surface area contributed by atoms with E-state index in [9.17, 15) is 4.79 Å². The van der Waals surface area contributed by atoms with E-state index in [2.05, 4.69) is 19.1 Å². The van der Waals surface area contributed by atoms with Crippen molar-refractivity contribution in [1.82, 2.24) is 0 Å². The van der Waals surface area contributed by atoms with Gasteiger partial charge in [-0.25, -0.2) is 0 Å². The second kappa shape index (κ2) is 5.12. The zero-order chi connectivity index (χ0) is 14.2. The molecule has 0 aliphatic heterocycles. The van der Waals surface area contributed by atoms with Crippen LogP contribution in [0.1, 0.15) is 49.7 Å². The van der Waals surface area contributed by atoms with Gasteiger partial charge in [0.25, 0.3) is 0 Å². The lowest BCUT2D eigenvalue weighted by Crippen LogP contribution is -2.21. The maximum atomic E-state index is 11.1. The molecular formula is C17H22O3. The Bertz CT molecular complexity index is 513. The molecule has 0 aromatic heterocycles. The molecule has 0 amide bonds. The summed E-state index contributed by atoms with van der Waals surface area (Å²) < 4.78 is 6.01. The number of carboxylic acids is 1. The molecule has 1 N–H and O–H groups in total. The lowest BCUT2D eigenvalue weighted by Gasteiger charge is -2.27. The highest BCUT2D eigenvalue weighted by molar-refractivity contribution is 5.70. The van der Waals surface area contributed by atoms with Gasteiger partial charge >= 0.3 is 5.97 Å². The Morgan fingerprint density at radius 3 is 2.70 bits per heavy atom. The van der Waals surface area contributed by atoms with E-state index in [0.29, 0.717) is 5.92 Å². The van der Waals surface area contributed by atoms with Crippen LogP contribution in [0, 0.1) is 12.8 Å². The molecule has 2 fully saturated rings. The van der Waals surface area contributed by atoms with Gasteiger partial charge in [0.2, 0.25) is 0 Å². The van der Waals surface area contributed by atoms with Crippen LogP contribution in [-0.2, 0) is 10.2 Å². The lowest BCUT2D eigenvalue weighted by atomic mass is 9.86. The minimum absolute atomic E-state index is 0.174. The Kier molecular flexibility index (Phi) is 3.45. The van der Waals surface area contributed by atoms with Crippen molar-refractivity contribution in [2.75, 3.05) is 6.61 Å². The molecule has 0 unspecified atom stereocenters. The summed E-state index contributed by atoms with van der Waals surface area (Å²) in [5, 5.41) is 9.14. The quantitative estimate of drug-likeness (QED) is 0.860. The van der Waals surface area contributed by atoms with Crippen LogP contribution >= 0.6 is 0 Å². The Labute approximate surface area is 120 Å². The monoisotopic (exact) mass is 274 g/mol. The first-order valence-electron chi connectivity index (χ1n) is 7.55. The summed E-state index contributed by atoms with van der Waals surface area (Å²) >= 11 is 0. The van der Waals surface area contributed by atoms with Crippen LogP contribution < -0.4 is 4.74 Å². The normalized spacial score (nSPS) is 20.2. The predicted molar refractivity (Wildman–Crippen MR) is 77.2 cm³/mol. The van der Waals surface area contributed by atoms with Gasteiger partial charge in [-0.2, -0.15) is 0 Å². The smallest absolute Gasteiger partial charge is 0.304 e. The second-order valence-corrected chi connectivity index (χ2v) is 6.46. The molecule has 3 rings (SSSR count). The van der Waals surface area contributed by atoms with Gasteiger partial charge in [0.15, 0.2) is 0 Å². The molecule has 2 aliphatic rings. The average molecular weight is 274 g/mol. The van der Waals surface area contributed by atoms with Crippen molar-refractivity contribution in [2.24, 2.45) is 5.92 Å². The largest absolute Gasteiger partial charge is 0.493 e. The third-order valence-electron chi connectivity index (χ3n) is 4.75. The van der Waals surface area contributed by atoms with E-state index in [1.807, 2.05) is 6.07 Å². The molecule has 1 aromatic rings. The van der Waals surface area contributed by atoms with E-state index in [4.69, 9.17) is 9.84 Å². The van der Waals surface area contributed by atoms with Crippen molar-refractivity contribution in [3.63, 3.8) is 0 Å². The Hall–Kier alpha value is -1.51. The molecule has 108 valence electrons. The van der Waals surface area contributed by atoms with Crippen molar-refractivity contribution in [2.45, 2.75) is 50.9 Å². The zero-order valence-electron chi connectivity index (χ0n) is 12.0. The van der Waals surface area contributed by atoms with Crippen molar-refractivity contribution in [3.05, 3.63) is 29.3 Å². The zero-order valence-corrected chi connectivity index (χ0v) is 12.0. The number of carbonyl (C=O) groups is 1. The number of aliphatic carboxylic acids is 1. The van der Waals surface area contributed by atoms with Crippen molar-refractivity contribution in [1.29, 1.82) is 0 Å². The maximum Gasteiger partial charge on any atom is 0.304 e. The van der Waals surface area contributed by atoms with Crippen LogP contribution in [0.15, 0.2) is 18.2 Å². The van der Waals surface area contributed by atoms with Crippen LogP contribution in [0.25, 0.3) is 0 Å². The SMILES string of the molecule is Cc1ccc(OCC2CCC2)c(C2(CC(=O)O)CC2)c1. The Balaban J connectivity index is 1.80. The molecule has 1 aromatic carbocycles. The third kappa shape index (κ3) is 2.67. The lowest BCUT2D eigenvalue weighted by molar-refractivity contribution is -0.137. The average Bonchev–Trinajstić information content (AvgIpc) is 3.08. The maximum absolute atomic E-state index is 11.1. The molecule has 3 nitrogen and oxygen atoms in total. The summed E-state index contributed by atoms with van der Waals surface area (Å²) in [6.45, 7) is 2.83. The van der Waals surface area contributed by atoms with Crippen molar-refractivity contribution >= 4 is 5.97 Å². The number of rotatable bonds is 6. The van der Waals surface area contributed by atoms with Gasteiger partial charge in [-0.3, -0.25) is 4.79 Å². The van der Waals surface area contributed by atoms with E-state index in [1.54, 1.807) is 0 Å². The summed E-state index contributed by atoms with van der Waals surface area (Å²) in [6, 6.07) is 6.19. The standard InChI is InChI=1S/C17H22O3/c1-12-5-6-15(20-11-13-3-2-4-13)14(9-12)17(7-8-17)10-16(18)19/h5-6,9,13H,2-4,7-8,10-11H2,1H3,(H,18,19). The first kappa shape index (κ1) is 13.5. The van der Waals surface area contributed by atoms with E-state index in [-0.39, 0.29) is 11.8 Å².